The zero-order valence-corrected chi connectivity index (χ0v) is 13.4. The molecule has 0 heterocycles. The lowest BCUT2D eigenvalue weighted by Gasteiger charge is -1.82. The fourth-order valence-electron chi connectivity index (χ4n) is 0. The molecule has 18 nitrogen and oxygen atoms in total. The van der Waals surface area contributed by atoms with Gasteiger partial charge < -0.3 is 69.7 Å². The van der Waals surface area contributed by atoms with E-state index in [0.29, 0.717) is 0 Å². The third-order valence-electron chi connectivity index (χ3n) is 0. The summed E-state index contributed by atoms with van der Waals surface area (Å²) in [6, 6.07) is 0. The predicted molar refractivity (Wildman–Crippen MR) is 81.4 cm³/mol. The van der Waals surface area contributed by atoms with Crippen molar-refractivity contribution in [3.05, 3.63) is 0 Å². The molecular weight excluding hydrogens is 460 g/mol. The Labute approximate surface area is 165 Å². The lowest BCUT2D eigenvalue weighted by Crippen LogP contribution is -1.66. The normalized spacial score (nSPS) is 9.83. The summed E-state index contributed by atoms with van der Waals surface area (Å²) in [6.07, 6.45) is 0. The Morgan fingerprint density at radius 1 is 0.333 bits per heavy atom. The first-order valence-electron chi connectivity index (χ1n) is 3.13. The third-order valence-corrected chi connectivity index (χ3v) is 0. The van der Waals surface area contributed by atoms with Crippen LogP contribution in [0.5, 0.6) is 0 Å². The van der Waals surface area contributed by atoms with Crippen molar-refractivity contribution >= 4 is 77.4 Å². The van der Waals surface area contributed by atoms with Crippen molar-refractivity contribution in [2.45, 2.75) is 0 Å². The van der Waals surface area contributed by atoms with Gasteiger partial charge in [0.05, 0.1) is 0 Å². The third kappa shape index (κ3) is 3500. The summed E-state index contributed by atoms with van der Waals surface area (Å²) in [6.45, 7) is 0. The molecule has 0 spiro atoms. The molecule has 0 radical (unpaired) electrons. The molecule has 24 heteroatoms. The SMILES string of the molecule is O.O.O=P(O)(O)O.O=P(O)(O)O.O=P(O)(O)O.O=P(O)(O)O.[MgH2].[MgH2]. The monoisotopic (exact) mass is 480 g/mol. The van der Waals surface area contributed by atoms with Gasteiger partial charge in [0, 0.05) is 0 Å². The van der Waals surface area contributed by atoms with Gasteiger partial charge in [-0.15, -0.1) is 0 Å². The van der Waals surface area contributed by atoms with Crippen LogP contribution in [0.1, 0.15) is 0 Å². The van der Waals surface area contributed by atoms with Crippen molar-refractivity contribution < 1.29 is 87.9 Å². The van der Waals surface area contributed by atoms with Crippen molar-refractivity contribution in [3.8, 4) is 0 Å². The van der Waals surface area contributed by atoms with E-state index in [0.717, 1.165) is 0 Å². The van der Waals surface area contributed by atoms with Crippen molar-refractivity contribution in [1.82, 2.24) is 0 Å². The van der Waals surface area contributed by atoms with Gasteiger partial charge in [-0.05, 0) is 0 Å². The van der Waals surface area contributed by atoms with Crippen molar-refractivity contribution in [3.63, 3.8) is 0 Å². The molecule has 0 rings (SSSR count). The summed E-state index contributed by atoms with van der Waals surface area (Å²) in [5.41, 5.74) is 0. The minimum Gasteiger partial charge on any atom is -0.412 e. The quantitative estimate of drug-likeness (QED) is 0.113. The summed E-state index contributed by atoms with van der Waals surface area (Å²) in [5, 5.41) is 0. The Morgan fingerprint density at radius 3 is 0.333 bits per heavy atom. The Balaban J connectivity index is -0.0000000225. The molecular formula is H20Mg2O18P4. The fourth-order valence-corrected chi connectivity index (χ4v) is 0. The van der Waals surface area contributed by atoms with Gasteiger partial charge >= 0.3 is 77.4 Å². The van der Waals surface area contributed by atoms with E-state index in [1.54, 1.807) is 0 Å². The van der Waals surface area contributed by atoms with Crippen LogP contribution >= 0.6 is 31.3 Å². The molecule has 0 aliphatic rings. The van der Waals surface area contributed by atoms with E-state index in [9.17, 15) is 0 Å². The minimum atomic E-state index is -4.64. The second kappa shape index (κ2) is 21.2. The second-order valence-electron chi connectivity index (χ2n) is 2.05. The Bertz CT molecular complexity index is 290. The Kier molecular flexibility index (Phi) is 44.3. The van der Waals surface area contributed by atoms with Crippen LogP contribution in [0, 0.1) is 0 Å². The average molecular weight is 481 g/mol. The molecule has 0 aromatic heterocycles. The van der Waals surface area contributed by atoms with Crippen LogP contribution in [-0.2, 0) is 18.3 Å². The molecule has 16 N–H and O–H groups in total. The second-order valence-corrected chi connectivity index (χ2v) is 6.16. The minimum absolute atomic E-state index is 0. The molecule has 0 fully saturated rings. The highest BCUT2D eigenvalue weighted by atomic mass is 31.2. The zero-order valence-electron chi connectivity index (χ0n) is 9.79. The molecule has 0 atom stereocenters. The highest BCUT2D eigenvalue weighted by molar-refractivity contribution is 7.45. The smallest absolute Gasteiger partial charge is 0.412 e. The zero-order chi connectivity index (χ0) is 18.0. The van der Waals surface area contributed by atoms with Crippen LogP contribution in [0.15, 0.2) is 0 Å². The molecule has 152 valence electrons. The lowest BCUT2D eigenvalue weighted by molar-refractivity contribution is 0.272. The molecule has 0 aromatic rings. The highest BCUT2D eigenvalue weighted by Crippen LogP contribution is 2.27. The van der Waals surface area contributed by atoms with Crippen LogP contribution in [0.25, 0.3) is 0 Å². The predicted octanol–water partition coefficient (Wildman–Crippen LogP) is -7.20. The van der Waals surface area contributed by atoms with Gasteiger partial charge in [0.2, 0.25) is 0 Å². The van der Waals surface area contributed by atoms with Gasteiger partial charge in [-0.3, -0.25) is 0 Å². The van der Waals surface area contributed by atoms with Crippen LogP contribution in [0.4, 0.5) is 0 Å². The number of phosphoric acid groups is 4. The van der Waals surface area contributed by atoms with E-state index in [2.05, 4.69) is 0 Å². The summed E-state index contributed by atoms with van der Waals surface area (Å²) >= 11 is 0. The van der Waals surface area contributed by atoms with Crippen LogP contribution < -0.4 is 0 Å². The van der Waals surface area contributed by atoms with E-state index in [4.69, 9.17) is 77.0 Å². The number of hydrogen-bond acceptors (Lipinski definition) is 4. The highest BCUT2D eigenvalue weighted by Gasteiger charge is 2.01. The molecule has 0 aliphatic carbocycles. The first-order valence-corrected chi connectivity index (χ1v) is 9.39. The fraction of sp³-hybridized carbons (Fsp3) is 0. The van der Waals surface area contributed by atoms with Gasteiger partial charge in [-0.1, -0.05) is 0 Å². The lowest BCUT2D eigenvalue weighted by atomic mass is 15.8. The van der Waals surface area contributed by atoms with Gasteiger partial charge in [0.25, 0.3) is 0 Å². The molecule has 24 heavy (non-hydrogen) atoms. The maximum absolute atomic E-state index is 8.88. The summed E-state index contributed by atoms with van der Waals surface area (Å²) < 4.78 is 35.5. The van der Waals surface area contributed by atoms with Crippen molar-refractivity contribution in [2.24, 2.45) is 0 Å². The van der Waals surface area contributed by atoms with E-state index >= 15 is 0 Å². The Hall–Kier alpha value is 1.89. The maximum atomic E-state index is 8.88. The van der Waals surface area contributed by atoms with E-state index in [1.807, 2.05) is 0 Å². The van der Waals surface area contributed by atoms with Gasteiger partial charge in [0.15, 0.2) is 0 Å². The first kappa shape index (κ1) is 50.1. The van der Waals surface area contributed by atoms with Gasteiger partial charge in [-0.2, -0.15) is 0 Å². The van der Waals surface area contributed by atoms with E-state index in [1.165, 1.54) is 0 Å². The van der Waals surface area contributed by atoms with E-state index < -0.39 is 31.3 Å². The first-order chi connectivity index (χ1) is 8.00. The number of rotatable bonds is 0. The van der Waals surface area contributed by atoms with Crippen LogP contribution in [-0.4, -0.2) is 116 Å². The Morgan fingerprint density at radius 2 is 0.333 bits per heavy atom. The number of hydrogen-bond donors (Lipinski definition) is 12. The average Bonchev–Trinajstić information content (AvgIpc) is 1.62. The van der Waals surface area contributed by atoms with Gasteiger partial charge in [0.1, 0.15) is 0 Å². The molecule has 0 unspecified atom stereocenters. The molecule has 0 amide bonds. The van der Waals surface area contributed by atoms with E-state index in [-0.39, 0.29) is 57.1 Å². The standard InChI is InChI=1S/2Mg.4H3O4P.2H2O.4H/c;;4*1-5(2,3)4;;;;;;/h;;4*(H3,1,2,3,4);2*1H2;;;;. The molecule has 0 aliphatic heterocycles. The summed E-state index contributed by atoms with van der Waals surface area (Å²) in [7, 11) is -18.6. The topological polar surface area (TPSA) is 374 Å². The van der Waals surface area contributed by atoms with Crippen LogP contribution in [0.2, 0.25) is 0 Å². The summed E-state index contributed by atoms with van der Waals surface area (Å²) in [4.78, 5) is 86.2. The van der Waals surface area contributed by atoms with Gasteiger partial charge in [-0.25, -0.2) is 18.3 Å². The maximum Gasteiger partial charge on any atom is 0.466 e. The van der Waals surface area contributed by atoms with Crippen molar-refractivity contribution in [1.29, 1.82) is 0 Å². The summed E-state index contributed by atoms with van der Waals surface area (Å²) in [5.74, 6) is 0. The largest absolute Gasteiger partial charge is 0.466 e. The molecule has 0 aromatic carbocycles. The molecule has 0 saturated heterocycles. The van der Waals surface area contributed by atoms with Crippen LogP contribution in [0.3, 0.4) is 0 Å². The molecule has 0 saturated carbocycles. The molecule has 0 bridgehead atoms. The van der Waals surface area contributed by atoms with Crippen molar-refractivity contribution in [2.75, 3.05) is 0 Å².